The van der Waals surface area contributed by atoms with Crippen LogP contribution < -0.4 is 15.1 Å². The lowest BCUT2D eigenvalue weighted by Crippen LogP contribution is -2.02. The van der Waals surface area contributed by atoms with Gasteiger partial charge in [0.2, 0.25) is 0 Å². The van der Waals surface area contributed by atoms with Gasteiger partial charge < -0.3 is 13.9 Å². The summed E-state index contributed by atoms with van der Waals surface area (Å²) in [7, 11) is 1.57. The summed E-state index contributed by atoms with van der Waals surface area (Å²) in [5, 5.41) is 1.46. The Morgan fingerprint density at radius 1 is 1.12 bits per heavy atom. The third-order valence-corrected chi connectivity index (χ3v) is 4.90. The second kappa shape index (κ2) is 6.22. The molecule has 0 aliphatic heterocycles. The fourth-order valence-electron chi connectivity index (χ4n) is 2.64. The molecule has 126 valence electrons. The average molecular weight is 353 g/mol. The first-order chi connectivity index (χ1) is 12.2. The van der Waals surface area contributed by atoms with Gasteiger partial charge in [0.25, 0.3) is 0 Å². The minimum atomic E-state index is -0.412. The van der Waals surface area contributed by atoms with Crippen molar-refractivity contribution in [3.8, 4) is 22.1 Å². The SMILES string of the molecule is CCOc1ccc2nc(-c3cc4ccc(OC)cc4oc3=O)sc2c1. The van der Waals surface area contributed by atoms with E-state index in [4.69, 9.17) is 13.9 Å². The Balaban J connectivity index is 1.84. The van der Waals surface area contributed by atoms with E-state index < -0.39 is 5.63 Å². The van der Waals surface area contributed by atoms with E-state index in [9.17, 15) is 4.79 Å². The van der Waals surface area contributed by atoms with E-state index in [0.717, 1.165) is 21.4 Å². The van der Waals surface area contributed by atoms with Gasteiger partial charge in [-0.3, -0.25) is 0 Å². The number of rotatable bonds is 4. The highest BCUT2D eigenvalue weighted by Crippen LogP contribution is 2.32. The van der Waals surface area contributed by atoms with Crippen LogP contribution in [0.4, 0.5) is 0 Å². The molecule has 4 rings (SSSR count). The number of hydrogen-bond acceptors (Lipinski definition) is 6. The second-order valence-corrected chi connectivity index (χ2v) is 6.46. The molecule has 0 bridgehead atoms. The Morgan fingerprint density at radius 2 is 1.96 bits per heavy atom. The van der Waals surface area contributed by atoms with Crippen molar-refractivity contribution >= 4 is 32.5 Å². The van der Waals surface area contributed by atoms with Crippen LogP contribution in [0.25, 0.3) is 31.8 Å². The molecule has 0 radical (unpaired) electrons. The van der Waals surface area contributed by atoms with Crippen LogP contribution in [0.2, 0.25) is 0 Å². The van der Waals surface area contributed by atoms with Gasteiger partial charge in [0, 0.05) is 11.5 Å². The largest absolute Gasteiger partial charge is 0.497 e. The molecule has 0 aliphatic rings. The van der Waals surface area contributed by atoms with E-state index in [1.807, 2.05) is 43.3 Å². The summed E-state index contributed by atoms with van der Waals surface area (Å²) in [4.78, 5) is 17.0. The summed E-state index contributed by atoms with van der Waals surface area (Å²) < 4.78 is 17.1. The molecule has 5 nitrogen and oxygen atoms in total. The summed E-state index contributed by atoms with van der Waals surface area (Å²) in [5.74, 6) is 1.44. The third kappa shape index (κ3) is 2.85. The molecule has 2 heterocycles. The minimum absolute atomic E-state index is 0.412. The van der Waals surface area contributed by atoms with Crippen molar-refractivity contribution < 1.29 is 13.9 Å². The summed E-state index contributed by atoms with van der Waals surface area (Å²) >= 11 is 1.44. The van der Waals surface area contributed by atoms with Crippen molar-refractivity contribution in [2.75, 3.05) is 13.7 Å². The molecule has 0 fully saturated rings. The van der Waals surface area contributed by atoms with Crippen molar-refractivity contribution in [2.24, 2.45) is 0 Å². The number of methoxy groups -OCH3 is 1. The van der Waals surface area contributed by atoms with Crippen molar-refractivity contribution in [2.45, 2.75) is 6.92 Å². The predicted molar refractivity (Wildman–Crippen MR) is 98.8 cm³/mol. The van der Waals surface area contributed by atoms with Crippen LogP contribution in [-0.4, -0.2) is 18.7 Å². The highest BCUT2D eigenvalue weighted by atomic mass is 32.1. The number of thiazole rings is 1. The van der Waals surface area contributed by atoms with Crippen LogP contribution in [0.15, 0.2) is 51.7 Å². The second-order valence-electron chi connectivity index (χ2n) is 5.43. The van der Waals surface area contributed by atoms with Crippen LogP contribution in [0.1, 0.15) is 6.92 Å². The van der Waals surface area contributed by atoms with Crippen molar-refractivity contribution in [1.29, 1.82) is 0 Å². The van der Waals surface area contributed by atoms with Gasteiger partial charge in [-0.1, -0.05) is 0 Å². The van der Waals surface area contributed by atoms with E-state index in [0.29, 0.717) is 28.5 Å². The van der Waals surface area contributed by atoms with Crippen LogP contribution >= 0.6 is 11.3 Å². The van der Waals surface area contributed by atoms with Gasteiger partial charge in [-0.2, -0.15) is 0 Å². The zero-order valence-corrected chi connectivity index (χ0v) is 14.6. The smallest absolute Gasteiger partial charge is 0.346 e. The summed E-state index contributed by atoms with van der Waals surface area (Å²) in [6.45, 7) is 2.55. The molecular weight excluding hydrogens is 338 g/mol. The number of ether oxygens (including phenoxy) is 2. The normalized spacial score (nSPS) is 11.1. The quantitative estimate of drug-likeness (QED) is 0.506. The van der Waals surface area contributed by atoms with E-state index in [1.54, 1.807) is 13.2 Å². The Morgan fingerprint density at radius 3 is 2.76 bits per heavy atom. The third-order valence-electron chi connectivity index (χ3n) is 3.84. The van der Waals surface area contributed by atoms with E-state index in [1.165, 1.54) is 11.3 Å². The highest BCUT2D eigenvalue weighted by Gasteiger charge is 2.13. The highest BCUT2D eigenvalue weighted by molar-refractivity contribution is 7.21. The van der Waals surface area contributed by atoms with E-state index in [2.05, 4.69) is 4.98 Å². The number of nitrogens with zero attached hydrogens (tertiary/aromatic N) is 1. The van der Waals surface area contributed by atoms with E-state index >= 15 is 0 Å². The van der Waals surface area contributed by atoms with Gasteiger partial charge in [0.1, 0.15) is 22.1 Å². The Bertz CT molecular complexity index is 1130. The number of hydrogen-bond donors (Lipinski definition) is 0. The molecule has 2 aromatic heterocycles. The van der Waals surface area contributed by atoms with Gasteiger partial charge >= 0.3 is 5.63 Å². The molecule has 0 unspecified atom stereocenters. The first-order valence-electron chi connectivity index (χ1n) is 7.83. The maximum absolute atomic E-state index is 12.4. The average Bonchev–Trinajstić information content (AvgIpc) is 3.04. The van der Waals surface area contributed by atoms with Gasteiger partial charge in [-0.05, 0) is 43.3 Å². The van der Waals surface area contributed by atoms with Crippen LogP contribution in [-0.2, 0) is 0 Å². The molecule has 0 saturated heterocycles. The summed E-state index contributed by atoms with van der Waals surface area (Å²) in [6.07, 6.45) is 0. The minimum Gasteiger partial charge on any atom is -0.497 e. The fourth-order valence-corrected chi connectivity index (χ4v) is 3.64. The maximum Gasteiger partial charge on any atom is 0.346 e. The number of aromatic nitrogens is 1. The van der Waals surface area contributed by atoms with Crippen LogP contribution in [0.5, 0.6) is 11.5 Å². The summed E-state index contributed by atoms with van der Waals surface area (Å²) in [6, 6.07) is 12.9. The van der Waals surface area contributed by atoms with Crippen molar-refractivity contribution in [1.82, 2.24) is 4.98 Å². The lowest BCUT2D eigenvalue weighted by Gasteiger charge is -2.02. The molecular formula is C19H15NO4S. The first-order valence-corrected chi connectivity index (χ1v) is 8.65. The molecule has 0 saturated carbocycles. The van der Waals surface area contributed by atoms with Crippen molar-refractivity contribution in [3.63, 3.8) is 0 Å². The topological polar surface area (TPSA) is 61.6 Å². The monoisotopic (exact) mass is 353 g/mol. The zero-order valence-electron chi connectivity index (χ0n) is 13.7. The van der Waals surface area contributed by atoms with Gasteiger partial charge in [-0.15, -0.1) is 11.3 Å². The molecule has 6 heteroatoms. The molecule has 0 spiro atoms. The molecule has 2 aromatic carbocycles. The number of benzene rings is 2. The molecule has 0 aliphatic carbocycles. The fraction of sp³-hybridized carbons (Fsp3) is 0.158. The van der Waals surface area contributed by atoms with E-state index in [-0.39, 0.29) is 0 Å². The summed E-state index contributed by atoms with van der Waals surface area (Å²) in [5.41, 5.74) is 1.37. The van der Waals surface area contributed by atoms with Crippen molar-refractivity contribution in [3.05, 3.63) is 52.9 Å². The molecule has 4 aromatic rings. The van der Waals surface area contributed by atoms with Gasteiger partial charge in [0.15, 0.2) is 0 Å². The Kier molecular flexibility index (Phi) is 3.89. The molecule has 0 N–H and O–H groups in total. The van der Waals surface area contributed by atoms with Crippen LogP contribution in [0, 0.1) is 0 Å². The van der Waals surface area contributed by atoms with Gasteiger partial charge in [-0.25, -0.2) is 9.78 Å². The predicted octanol–water partition coefficient (Wildman–Crippen LogP) is 4.48. The first kappa shape index (κ1) is 15.7. The molecule has 0 atom stereocenters. The Labute approximate surface area is 147 Å². The maximum atomic E-state index is 12.4. The van der Waals surface area contributed by atoms with Gasteiger partial charge in [0.05, 0.1) is 29.5 Å². The standard InChI is InChI=1S/C19H15NO4S/c1-3-23-13-6-7-15-17(10-13)25-18(20-15)14-8-11-4-5-12(22-2)9-16(11)24-19(14)21/h4-10H,3H2,1-2H3. The molecule has 0 amide bonds. The lowest BCUT2D eigenvalue weighted by atomic mass is 10.2. The molecule has 25 heavy (non-hydrogen) atoms. The Hall–Kier alpha value is -2.86. The lowest BCUT2D eigenvalue weighted by molar-refractivity contribution is 0.341. The van der Waals surface area contributed by atoms with Crippen LogP contribution in [0.3, 0.4) is 0 Å². The number of fused-ring (bicyclic) bond motifs is 2. The zero-order chi connectivity index (χ0) is 17.4.